The molecule has 3 aromatic heterocycles. The van der Waals surface area contributed by atoms with Crippen molar-refractivity contribution in [1.29, 1.82) is 0 Å². The molecule has 0 saturated heterocycles. The molecule has 0 spiro atoms. The van der Waals surface area contributed by atoms with Crippen LogP contribution in [0.2, 0.25) is 0 Å². The Morgan fingerprint density at radius 3 is 1.94 bits per heavy atom. The van der Waals surface area contributed by atoms with Gasteiger partial charge in [0.05, 0.1) is 41.7 Å². The number of anilines is 2. The van der Waals surface area contributed by atoms with Gasteiger partial charge in [-0.2, -0.15) is 0 Å². The Morgan fingerprint density at radius 1 is 0.833 bits per heavy atom. The highest BCUT2D eigenvalue weighted by atomic mass is 16.5. The van der Waals surface area contributed by atoms with Crippen LogP contribution >= 0.6 is 0 Å². The Bertz CT molecular complexity index is 1990. The van der Waals surface area contributed by atoms with Crippen LogP contribution in [0.1, 0.15) is 55.6 Å². The summed E-state index contributed by atoms with van der Waals surface area (Å²) in [5, 5.41) is 3.34. The van der Waals surface area contributed by atoms with Gasteiger partial charge in [0.15, 0.2) is 0 Å². The molecule has 0 radical (unpaired) electrons. The molecule has 5 aromatic rings. The predicted molar refractivity (Wildman–Crippen MR) is 195 cm³/mol. The minimum atomic E-state index is 0.0197. The molecule has 48 heavy (non-hydrogen) atoms. The topological polar surface area (TPSA) is 118 Å². The van der Waals surface area contributed by atoms with E-state index < -0.39 is 0 Å². The van der Waals surface area contributed by atoms with Crippen LogP contribution < -0.4 is 22.2 Å². The van der Waals surface area contributed by atoms with Crippen molar-refractivity contribution in [1.82, 2.24) is 18.7 Å². The van der Waals surface area contributed by atoms with Crippen molar-refractivity contribution in [2.75, 3.05) is 38.5 Å². The zero-order chi connectivity index (χ0) is 34.7. The SMILES string of the molecule is COC[C@H](C)Nc1cc(-c2cc(C)c(=O)n(C)c2)ccc1N.COC[C@H](C)n1c(C2CC2)nc2ccc(-c3cc(C)c(=O)n(C)c3)cc21. The average Bonchev–Trinajstić information content (AvgIpc) is 3.83. The molecule has 1 saturated carbocycles. The molecule has 3 N–H and O–H groups in total. The summed E-state index contributed by atoms with van der Waals surface area (Å²) in [5.41, 5.74) is 15.5. The highest BCUT2D eigenvalue weighted by Crippen LogP contribution is 2.42. The van der Waals surface area contributed by atoms with Gasteiger partial charge >= 0.3 is 0 Å². The van der Waals surface area contributed by atoms with E-state index >= 15 is 0 Å². The lowest BCUT2D eigenvalue weighted by Gasteiger charge is -2.17. The number of nitrogens with two attached hydrogens (primary N) is 1. The summed E-state index contributed by atoms with van der Waals surface area (Å²) in [4.78, 5) is 28.7. The van der Waals surface area contributed by atoms with E-state index in [1.54, 1.807) is 37.4 Å². The Kier molecular flexibility index (Phi) is 10.6. The molecule has 0 amide bonds. The lowest BCUT2D eigenvalue weighted by molar-refractivity contribution is 0.162. The molecule has 1 fully saturated rings. The highest BCUT2D eigenvalue weighted by Gasteiger charge is 2.31. The van der Waals surface area contributed by atoms with Gasteiger partial charge in [-0.05, 0) is 99.2 Å². The van der Waals surface area contributed by atoms with Gasteiger partial charge in [0.2, 0.25) is 0 Å². The van der Waals surface area contributed by atoms with E-state index in [0.717, 1.165) is 50.1 Å². The van der Waals surface area contributed by atoms with Gasteiger partial charge in [-0.1, -0.05) is 12.1 Å². The van der Waals surface area contributed by atoms with Crippen LogP contribution in [-0.4, -0.2) is 52.2 Å². The maximum atomic E-state index is 12.0. The number of ether oxygens (including phenoxy) is 2. The van der Waals surface area contributed by atoms with Gasteiger partial charge in [-0.25, -0.2) is 4.98 Å². The predicted octanol–water partition coefficient (Wildman–Crippen LogP) is 6.18. The Balaban J connectivity index is 0.000000191. The zero-order valence-electron chi connectivity index (χ0n) is 29.3. The third-order valence-corrected chi connectivity index (χ3v) is 8.77. The van der Waals surface area contributed by atoms with Crippen molar-refractivity contribution in [3.8, 4) is 22.3 Å². The molecule has 2 atom stereocenters. The summed E-state index contributed by atoms with van der Waals surface area (Å²) in [6.07, 6.45) is 6.17. The fraction of sp³-hybridized carbons (Fsp3) is 0.395. The summed E-state index contributed by atoms with van der Waals surface area (Å²) < 4.78 is 16.1. The maximum absolute atomic E-state index is 12.0. The lowest BCUT2D eigenvalue weighted by atomic mass is 10.0. The van der Waals surface area contributed by atoms with Crippen molar-refractivity contribution in [2.24, 2.45) is 14.1 Å². The van der Waals surface area contributed by atoms with E-state index in [4.69, 9.17) is 20.2 Å². The van der Waals surface area contributed by atoms with E-state index in [1.807, 2.05) is 63.5 Å². The number of hydrogen-bond donors (Lipinski definition) is 2. The highest BCUT2D eigenvalue weighted by molar-refractivity contribution is 5.83. The molecule has 3 heterocycles. The quantitative estimate of drug-likeness (QED) is 0.173. The molecule has 2 aromatic carbocycles. The second-order valence-electron chi connectivity index (χ2n) is 13.1. The molecule has 0 unspecified atom stereocenters. The number of pyridine rings is 2. The minimum absolute atomic E-state index is 0.0197. The van der Waals surface area contributed by atoms with E-state index in [-0.39, 0.29) is 23.2 Å². The lowest BCUT2D eigenvalue weighted by Crippen LogP contribution is -2.21. The summed E-state index contributed by atoms with van der Waals surface area (Å²) in [6, 6.07) is 16.5. The van der Waals surface area contributed by atoms with Crippen LogP contribution in [0.5, 0.6) is 0 Å². The second kappa shape index (κ2) is 14.6. The van der Waals surface area contributed by atoms with Crippen LogP contribution in [0.4, 0.5) is 11.4 Å². The summed E-state index contributed by atoms with van der Waals surface area (Å²) in [7, 11) is 6.97. The first-order valence-corrected chi connectivity index (χ1v) is 16.4. The molecule has 10 heteroatoms. The average molecular weight is 653 g/mol. The molecular formula is C38H48N6O4. The number of methoxy groups -OCH3 is 2. The number of fused-ring (bicyclic) bond motifs is 1. The molecule has 1 aliphatic rings. The number of aryl methyl sites for hydroxylation is 4. The third-order valence-electron chi connectivity index (χ3n) is 8.77. The Hall–Kier alpha value is -4.67. The first-order valence-electron chi connectivity index (χ1n) is 16.4. The van der Waals surface area contributed by atoms with Crippen molar-refractivity contribution >= 4 is 22.4 Å². The molecule has 254 valence electrons. The van der Waals surface area contributed by atoms with Crippen LogP contribution in [0.25, 0.3) is 33.3 Å². The van der Waals surface area contributed by atoms with Gasteiger partial charge in [0.1, 0.15) is 5.82 Å². The van der Waals surface area contributed by atoms with Gasteiger partial charge in [0, 0.05) is 63.8 Å². The van der Waals surface area contributed by atoms with Crippen LogP contribution in [-0.2, 0) is 23.6 Å². The Labute approximate surface area is 282 Å². The van der Waals surface area contributed by atoms with Crippen LogP contribution in [0.15, 0.2) is 70.5 Å². The Morgan fingerprint density at radius 2 is 1.40 bits per heavy atom. The first-order chi connectivity index (χ1) is 22.9. The molecule has 1 aliphatic carbocycles. The van der Waals surface area contributed by atoms with Crippen LogP contribution in [0, 0.1) is 13.8 Å². The molecule has 0 bridgehead atoms. The van der Waals surface area contributed by atoms with E-state index in [1.165, 1.54) is 18.7 Å². The molecule has 6 rings (SSSR count). The zero-order valence-corrected chi connectivity index (χ0v) is 29.3. The van der Waals surface area contributed by atoms with E-state index in [2.05, 4.69) is 35.0 Å². The number of nitrogens with one attached hydrogen (secondary N) is 1. The number of rotatable bonds is 10. The van der Waals surface area contributed by atoms with Crippen LogP contribution in [0.3, 0.4) is 0 Å². The maximum Gasteiger partial charge on any atom is 0.253 e. The molecule has 0 aliphatic heterocycles. The third kappa shape index (κ3) is 7.55. The number of nitrogen functional groups attached to an aromatic ring is 1. The van der Waals surface area contributed by atoms with E-state index in [9.17, 15) is 9.59 Å². The number of nitrogens with zero attached hydrogens (tertiary/aromatic N) is 4. The number of benzene rings is 2. The normalized spacial score (nSPS) is 14.0. The van der Waals surface area contributed by atoms with Crippen molar-refractivity contribution < 1.29 is 9.47 Å². The van der Waals surface area contributed by atoms with Crippen molar-refractivity contribution in [2.45, 2.75) is 58.5 Å². The van der Waals surface area contributed by atoms with E-state index in [0.29, 0.717) is 24.8 Å². The summed E-state index contributed by atoms with van der Waals surface area (Å²) in [6.45, 7) is 9.16. The van der Waals surface area contributed by atoms with Gasteiger partial charge in [0.25, 0.3) is 11.1 Å². The summed E-state index contributed by atoms with van der Waals surface area (Å²) in [5.74, 6) is 1.75. The monoisotopic (exact) mass is 652 g/mol. The summed E-state index contributed by atoms with van der Waals surface area (Å²) >= 11 is 0. The first kappa shape index (κ1) is 34.7. The van der Waals surface area contributed by atoms with Crippen molar-refractivity contribution in [3.63, 3.8) is 0 Å². The fourth-order valence-electron chi connectivity index (χ4n) is 6.19. The van der Waals surface area contributed by atoms with Crippen molar-refractivity contribution in [3.05, 3.63) is 98.6 Å². The number of hydrogen-bond acceptors (Lipinski definition) is 7. The van der Waals surface area contributed by atoms with Gasteiger partial charge < -0.3 is 34.2 Å². The smallest absolute Gasteiger partial charge is 0.253 e. The second-order valence-corrected chi connectivity index (χ2v) is 13.1. The van der Waals surface area contributed by atoms with Gasteiger partial charge in [-0.15, -0.1) is 0 Å². The fourth-order valence-corrected chi connectivity index (χ4v) is 6.19. The van der Waals surface area contributed by atoms with Gasteiger partial charge in [-0.3, -0.25) is 9.59 Å². The number of imidazole rings is 1. The molecular weight excluding hydrogens is 604 g/mol. The molecule has 10 nitrogen and oxygen atoms in total. The minimum Gasteiger partial charge on any atom is -0.397 e. The number of aromatic nitrogens is 4. The standard InChI is InChI=1S/C21H25N3O2.C17H23N3O2/c1-13-9-17(11-23(3)21(13)25)16-7-8-18-19(10-16)24(14(2)12-26-4)20(22-18)15-5-6-15;1-11-7-14(9-20(3)17(11)21)13-5-6-15(18)16(8-13)19-12(2)10-22-4/h7-11,14-15H,5-6,12H2,1-4H3;5-9,12,19H,10,18H2,1-4H3/t14-;12-/m00/s1. The largest absolute Gasteiger partial charge is 0.397 e.